The molecule has 1 atom stereocenters. The Morgan fingerprint density at radius 2 is 1.48 bits per heavy atom. The second kappa shape index (κ2) is 9.06. The highest BCUT2D eigenvalue weighted by Crippen LogP contribution is 2.28. The average molecular weight is 412 g/mol. The van der Waals surface area contributed by atoms with Crippen molar-refractivity contribution >= 4 is 5.69 Å². The quantitative estimate of drug-likeness (QED) is 0.486. The molecule has 1 saturated heterocycles. The Hall–Kier alpha value is -3.58. The van der Waals surface area contributed by atoms with Gasteiger partial charge in [-0.1, -0.05) is 54.6 Å². The molecule has 1 aliphatic heterocycles. The van der Waals surface area contributed by atoms with Gasteiger partial charge in [-0.3, -0.25) is 9.88 Å². The molecule has 7 heteroatoms. The van der Waals surface area contributed by atoms with Gasteiger partial charge in [-0.25, -0.2) is 4.68 Å². The Morgan fingerprint density at radius 1 is 0.774 bits per heavy atom. The molecule has 1 fully saturated rings. The molecule has 3 heterocycles. The smallest absolute Gasteiger partial charge is 0.174 e. The summed E-state index contributed by atoms with van der Waals surface area (Å²) in [5, 5.41) is 12.8. The van der Waals surface area contributed by atoms with E-state index in [0.29, 0.717) is 6.54 Å². The van der Waals surface area contributed by atoms with Gasteiger partial charge in [-0.15, -0.1) is 5.10 Å². The first-order valence-corrected chi connectivity index (χ1v) is 10.6. The maximum atomic E-state index is 4.67. The van der Waals surface area contributed by atoms with Crippen molar-refractivity contribution in [3.8, 4) is 0 Å². The molecular weight excluding hydrogens is 386 g/mol. The first-order valence-electron chi connectivity index (χ1n) is 10.6. The number of nitrogens with zero attached hydrogens (tertiary/aromatic N) is 7. The minimum absolute atomic E-state index is 0.0853. The first kappa shape index (κ1) is 19.4. The molecule has 5 rings (SSSR count). The zero-order valence-corrected chi connectivity index (χ0v) is 17.3. The van der Waals surface area contributed by atoms with Crippen LogP contribution < -0.4 is 4.90 Å². The van der Waals surface area contributed by atoms with Crippen molar-refractivity contribution in [2.75, 3.05) is 31.1 Å². The number of anilines is 1. The number of hydrogen-bond donors (Lipinski definition) is 0. The van der Waals surface area contributed by atoms with Crippen LogP contribution in [-0.2, 0) is 6.54 Å². The highest BCUT2D eigenvalue weighted by molar-refractivity contribution is 5.46. The van der Waals surface area contributed by atoms with Crippen LogP contribution in [-0.4, -0.2) is 56.3 Å². The van der Waals surface area contributed by atoms with Crippen LogP contribution in [0.25, 0.3) is 0 Å². The zero-order valence-electron chi connectivity index (χ0n) is 17.3. The van der Waals surface area contributed by atoms with E-state index in [1.165, 1.54) is 11.3 Å². The number of rotatable bonds is 6. The zero-order chi connectivity index (χ0) is 20.9. The molecule has 0 saturated carbocycles. The van der Waals surface area contributed by atoms with Crippen LogP contribution in [0.5, 0.6) is 0 Å². The van der Waals surface area contributed by atoms with Crippen molar-refractivity contribution in [1.82, 2.24) is 30.1 Å². The van der Waals surface area contributed by atoms with E-state index in [-0.39, 0.29) is 6.04 Å². The molecule has 0 radical (unpaired) electrons. The van der Waals surface area contributed by atoms with E-state index in [1.54, 1.807) is 0 Å². The fourth-order valence-corrected chi connectivity index (χ4v) is 4.17. The Labute approximate surface area is 182 Å². The average Bonchev–Trinajstić information content (AvgIpc) is 3.29. The molecule has 0 amide bonds. The van der Waals surface area contributed by atoms with Crippen LogP contribution in [0.1, 0.15) is 23.1 Å². The van der Waals surface area contributed by atoms with Gasteiger partial charge in [0.05, 0.1) is 12.2 Å². The minimum Gasteiger partial charge on any atom is -0.369 e. The lowest BCUT2D eigenvalue weighted by molar-refractivity contribution is 0.198. The van der Waals surface area contributed by atoms with Gasteiger partial charge in [0.25, 0.3) is 0 Å². The van der Waals surface area contributed by atoms with Gasteiger partial charge in [-0.05, 0) is 40.3 Å². The number of piperazine rings is 1. The number of aromatic nitrogens is 5. The van der Waals surface area contributed by atoms with E-state index in [4.69, 9.17) is 0 Å². The predicted molar refractivity (Wildman–Crippen MR) is 120 cm³/mol. The summed E-state index contributed by atoms with van der Waals surface area (Å²) in [6, 6.07) is 26.8. The third-order valence-corrected chi connectivity index (χ3v) is 5.75. The van der Waals surface area contributed by atoms with Crippen molar-refractivity contribution in [2.24, 2.45) is 0 Å². The van der Waals surface area contributed by atoms with E-state index in [2.05, 4.69) is 78.8 Å². The summed E-state index contributed by atoms with van der Waals surface area (Å²) in [7, 11) is 0. The van der Waals surface area contributed by atoms with Gasteiger partial charge in [0.15, 0.2) is 5.82 Å². The largest absolute Gasteiger partial charge is 0.369 e. The summed E-state index contributed by atoms with van der Waals surface area (Å²) in [5.74, 6) is 0.829. The van der Waals surface area contributed by atoms with Crippen LogP contribution in [0, 0.1) is 0 Å². The number of tetrazole rings is 1. The lowest BCUT2D eigenvalue weighted by Crippen LogP contribution is -2.48. The predicted octanol–water partition coefficient (Wildman–Crippen LogP) is 3.03. The monoisotopic (exact) mass is 411 g/mol. The summed E-state index contributed by atoms with van der Waals surface area (Å²) in [6.07, 6.45) is 1.84. The maximum Gasteiger partial charge on any atom is 0.174 e. The van der Waals surface area contributed by atoms with Crippen molar-refractivity contribution in [3.63, 3.8) is 0 Å². The first-order chi connectivity index (χ1) is 15.4. The number of pyridine rings is 1. The molecule has 0 unspecified atom stereocenters. The molecule has 31 heavy (non-hydrogen) atoms. The highest BCUT2D eigenvalue weighted by atomic mass is 15.6. The van der Waals surface area contributed by atoms with Crippen LogP contribution in [0.4, 0.5) is 5.69 Å². The van der Waals surface area contributed by atoms with Gasteiger partial charge in [0.1, 0.15) is 6.04 Å². The molecular formula is C24H25N7. The van der Waals surface area contributed by atoms with Crippen LogP contribution in [0.15, 0.2) is 85.1 Å². The normalized spacial score (nSPS) is 15.7. The summed E-state index contributed by atoms with van der Waals surface area (Å²) >= 11 is 0. The topological polar surface area (TPSA) is 63.0 Å². The third-order valence-electron chi connectivity index (χ3n) is 5.75. The van der Waals surface area contributed by atoms with E-state index >= 15 is 0 Å². The lowest BCUT2D eigenvalue weighted by atomic mass is 10.1. The van der Waals surface area contributed by atoms with Crippen molar-refractivity contribution in [2.45, 2.75) is 12.6 Å². The summed E-state index contributed by atoms with van der Waals surface area (Å²) in [6.45, 7) is 4.36. The van der Waals surface area contributed by atoms with Crippen molar-refractivity contribution in [3.05, 3.63) is 102 Å². The van der Waals surface area contributed by atoms with Crippen LogP contribution in [0.2, 0.25) is 0 Å². The molecule has 2 aromatic heterocycles. The van der Waals surface area contributed by atoms with Crippen LogP contribution >= 0.6 is 0 Å². The molecule has 7 nitrogen and oxygen atoms in total. The Morgan fingerprint density at radius 3 is 2.19 bits per heavy atom. The fourth-order valence-electron chi connectivity index (χ4n) is 4.17. The van der Waals surface area contributed by atoms with Gasteiger partial charge in [0, 0.05) is 38.1 Å². The van der Waals surface area contributed by atoms with E-state index in [1.807, 2.05) is 41.2 Å². The molecule has 0 aliphatic carbocycles. The fraction of sp³-hybridized carbons (Fsp3) is 0.250. The van der Waals surface area contributed by atoms with E-state index in [9.17, 15) is 0 Å². The molecule has 156 valence electrons. The van der Waals surface area contributed by atoms with E-state index < -0.39 is 0 Å². The Bertz CT molecular complexity index is 1070. The Kier molecular flexibility index (Phi) is 5.66. The lowest BCUT2D eigenvalue weighted by Gasteiger charge is -2.39. The molecule has 2 aromatic carbocycles. The number of hydrogen-bond acceptors (Lipinski definition) is 6. The SMILES string of the molecule is c1ccc(Cn2nnnc2[C@@H](c2ccccn2)N2CCN(c3ccccc3)CC2)cc1. The second-order valence-corrected chi connectivity index (χ2v) is 7.70. The van der Waals surface area contributed by atoms with Gasteiger partial charge in [-0.2, -0.15) is 0 Å². The van der Waals surface area contributed by atoms with Crippen molar-refractivity contribution < 1.29 is 0 Å². The molecule has 0 N–H and O–H groups in total. The summed E-state index contributed by atoms with van der Waals surface area (Å²) in [4.78, 5) is 9.54. The standard InChI is InChI=1S/C24H25N7/c1-3-9-20(10-4-1)19-31-24(26-27-28-31)23(22-13-7-8-14-25-22)30-17-15-29(16-18-30)21-11-5-2-6-12-21/h1-14,23H,15-19H2/t23-/m1/s1. The maximum absolute atomic E-state index is 4.67. The summed E-state index contributed by atoms with van der Waals surface area (Å²) < 4.78 is 1.90. The minimum atomic E-state index is -0.0853. The van der Waals surface area contributed by atoms with Crippen molar-refractivity contribution in [1.29, 1.82) is 0 Å². The Balaban J connectivity index is 1.41. The van der Waals surface area contributed by atoms with Gasteiger partial charge in [0.2, 0.25) is 0 Å². The number of para-hydroxylation sites is 1. The van der Waals surface area contributed by atoms with Crippen LogP contribution in [0.3, 0.4) is 0 Å². The second-order valence-electron chi connectivity index (χ2n) is 7.70. The molecule has 1 aliphatic rings. The summed E-state index contributed by atoms with van der Waals surface area (Å²) in [5.41, 5.74) is 3.41. The van der Waals surface area contributed by atoms with Gasteiger partial charge < -0.3 is 4.90 Å². The van der Waals surface area contributed by atoms with E-state index in [0.717, 1.165) is 37.7 Å². The number of benzene rings is 2. The highest BCUT2D eigenvalue weighted by Gasteiger charge is 2.31. The molecule has 0 spiro atoms. The van der Waals surface area contributed by atoms with Gasteiger partial charge >= 0.3 is 0 Å². The third kappa shape index (κ3) is 4.32. The molecule has 0 bridgehead atoms. The molecule has 4 aromatic rings.